The molecule has 5 heteroatoms. The van der Waals surface area contributed by atoms with Gasteiger partial charge in [0.25, 0.3) is 6.71 Å². The predicted molar refractivity (Wildman–Crippen MR) is 432 cm³/mol. The van der Waals surface area contributed by atoms with Crippen molar-refractivity contribution in [1.82, 2.24) is 9.97 Å². The van der Waals surface area contributed by atoms with Crippen molar-refractivity contribution in [2.45, 2.75) is 209 Å². The van der Waals surface area contributed by atoms with E-state index in [-0.39, 0.29) is 50.0 Å². The number of rotatable bonds is 5. The Kier molecular flexibility index (Phi) is 15.6. The smallest absolute Gasteiger partial charge is 0.252 e. The van der Waals surface area contributed by atoms with Gasteiger partial charge in [0.15, 0.2) is 5.82 Å². The lowest BCUT2D eigenvalue weighted by atomic mass is 9.33. The number of anilines is 6. The number of hydrogen-bond donors (Lipinski definition) is 0. The van der Waals surface area contributed by atoms with E-state index in [4.69, 9.17) is 9.97 Å². The molecule has 0 amide bonds. The number of fused-ring (bicyclic) bond motifs is 10. The molecule has 99 heavy (non-hydrogen) atoms. The van der Waals surface area contributed by atoms with Crippen LogP contribution < -0.4 is 26.2 Å². The van der Waals surface area contributed by atoms with Crippen molar-refractivity contribution in [2.24, 2.45) is 0 Å². The second kappa shape index (κ2) is 22.9. The maximum absolute atomic E-state index is 6.04. The first-order chi connectivity index (χ1) is 46.1. The lowest BCUT2D eigenvalue weighted by Gasteiger charge is -2.46. The molecule has 0 saturated heterocycles. The van der Waals surface area contributed by atoms with Crippen LogP contribution in [0.2, 0.25) is 0 Å². The number of aromatic nitrogens is 2. The topological polar surface area (TPSA) is 32.3 Å². The van der Waals surface area contributed by atoms with E-state index in [9.17, 15) is 0 Å². The van der Waals surface area contributed by atoms with E-state index in [0.29, 0.717) is 5.82 Å². The van der Waals surface area contributed by atoms with Crippen LogP contribution in [0.5, 0.6) is 0 Å². The van der Waals surface area contributed by atoms with Crippen molar-refractivity contribution in [1.29, 1.82) is 0 Å². The number of nitrogens with zero attached hydrogens (tertiary/aromatic N) is 4. The van der Waals surface area contributed by atoms with Crippen LogP contribution in [0.15, 0.2) is 188 Å². The van der Waals surface area contributed by atoms with Crippen LogP contribution in [0.3, 0.4) is 0 Å². The predicted octanol–water partition coefficient (Wildman–Crippen LogP) is 24.6. The summed E-state index contributed by atoms with van der Waals surface area (Å²) in [5.74, 6) is 0.711. The fourth-order valence-corrected chi connectivity index (χ4v) is 15.0. The van der Waals surface area contributed by atoms with Crippen LogP contribution in [-0.2, 0) is 43.3 Å². The Morgan fingerprint density at radius 3 is 0.859 bits per heavy atom. The lowest BCUT2D eigenvalue weighted by molar-refractivity contribution is 0.568. The molecule has 502 valence electrons. The average molecular weight is 1300 g/mol. The number of hydrogen-bond acceptors (Lipinski definition) is 4. The minimum absolute atomic E-state index is 0.129. The summed E-state index contributed by atoms with van der Waals surface area (Å²) in [6, 6.07) is 74.2. The average Bonchev–Trinajstić information content (AvgIpc) is 0.683. The standard InChI is InChI=1S/C94H103BN4/c1-87(2,3)65-39-62(40-66(47-65)88(4,5)6)79-55-80(97-86(96-79)64-41-67(89(7,8)9)48-68(42-64)90(10,11)12)63-45-81-83-82(46-63)99(74-53-71(93(19,20)21)50-72(54-74)94(22,23)24)85-76-44-59-32-28-26-30-57(59)38-61(76)34-36-78(85)95(83)77-35-33-60-37-56-29-25-27-31-58(56)43-75(60)84(77)98(81)73-51-69(91(13,14)15)49-70(52-73)92(16,17)18/h25-55H,1-24H3. The van der Waals surface area contributed by atoms with Gasteiger partial charge in [0.2, 0.25) is 0 Å². The van der Waals surface area contributed by atoms with Gasteiger partial charge < -0.3 is 9.80 Å². The van der Waals surface area contributed by atoms with E-state index >= 15 is 0 Å². The van der Waals surface area contributed by atoms with Crippen molar-refractivity contribution in [3.05, 3.63) is 233 Å². The molecule has 0 saturated carbocycles. The molecule has 0 spiro atoms. The molecule has 2 aliphatic rings. The summed E-state index contributed by atoms with van der Waals surface area (Å²) in [5, 5.41) is 9.75. The third kappa shape index (κ3) is 12.3. The normalized spacial score (nSPS) is 14.0. The van der Waals surface area contributed by atoms with E-state index in [1.807, 2.05) is 0 Å². The Bertz CT molecular complexity index is 4840. The lowest BCUT2D eigenvalue weighted by Crippen LogP contribution is -2.61. The SMILES string of the molecule is CC(C)(C)c1cc(-c2cc(-c3cc4c5c(c3)N(c3cc(C(C)(C)C)cc(C(C)(C)C)c3)c3c(ccc6cc7ccccc7cc36)B5c3ccc5cc6ccccc6cc5c3N4c3cc(C(C)(C)C)cc(C(C)(C)C)c3)nc(-c3cc(C(C)(C)C)cc(C(C)(C)C)c3)n2)cc(C(C)(C)C)c1. The van der Waals surface area contributed by atoms with Gasteiger partial charge >= 0.3 is 0 Å². The molecule has 1 aromatic heterocycles. The van der Waals surface area contributed by atoms with Crippen LogP contribution in [0.4, 0.5) is 34.1 Å². The summed E-state index contributed by atoms with van der Waals surface area (Å²) in [5.41, 5.74) is 24.8. The highest BCUT2D eigenvalue weighted by Crippen LogP contribution is 2.52. The second-order valence-electron chi connectivity index (χ2n) is 37.5. The van der Waals surface area contributed by atoms with E-state index in [0.717, 1.165) is 50.8 Å². The van der Waals surface area contributed by atoms with Gasteiger partial charge in [-0.2, -0.15) is 0 Å². The highest BCUT2D eigenvalue weighted by Gasteiger charge is 2.46. The first-order valence-electron chi connectivity index (χ1n) is 36.3. The molecule has 14 rings (SSSR count). The fourth-order valence-electron chi connectivity index (χ4n) is 15.0. The summed E-state index contributed by atoms with van der Waals surface area (Å²) in [6.07, 6.45) is 0. The van der Waals surface area contributed by atoms with Gasteiger partial charge in [-0.15, -0.1) is 0 Å². The third-order valence-corrected chi connectivity index (χ3v) is 21.5. The van der Waals surface area contributed by atoms with Crippen molar-refractivity contribution in [2.75, 3.05) is 9.80 Å². The Labute approximate surface area is 592 Å². The van der Waals surface area contributed by atoms with Gasteiger partial charge in [-0.05, 0) is 228 Å². The minimum atomic E-state index is -0.183. The monoisotopic (exact) mass is 1300 g/mol. The molecule has 0 N–H and O–H groups in total. The highest BCUT2D eigenvalue weighted by atomic mass is 15.2. The van der Waals surface area contributed by atoms with Crippen molar-refractivity contribution in [3.63, 3.8) is 0 Å². The highest BCUT2D eigenvalue weighted by molar-refractivity contribution is 7.00. The van der Waals surface area contributed by atoms with E-state index in [1.165, 1.54) is 115 Å². The minimum Gasteiger partial charge on any atom is -0.311 e. The van der Waals surface area contributed by atoms with Gasteiger partial charge in [-0.25, -0.2) is 9.97 Å². The number of benzene rings is 11. The van der Waals surface area contributed by atoms with Gasteiger partial charge in [-0.3, -0.25) is 0 Å². The van der Waals surface area contributed by atoms with E-state index in [2.05, 4.69) is 364 Å². The Morgan fingerprint density at radius 2 is 0.545 bits per heavy atom. The zero-order valence-corrected chi connectivity index (χ0v) is 63.8. The fraction of sp³-hybridized carbons (Fsp3) is 0.340. The Morgan fingerprint density at radius 1 is 0.263 bits per heavy atom. The van der Waals surface area contributed by atoms with Gasteiger partial charge in [0.1, 0.15) is 0 Å². The third-order valence-electron chi connectivity index (χ3n) is 21.5. The summed E-state index contributed by atoms with van der Waals surface area (Å²) < 4.78 is 0. The first kappa shape index (κ1) is 67.4. The van der Waals surface area contributed by atoms with Gasteiger partial charge in [0, 0.05) is 61.6 Å². The van der Waals surface area contributed by atoms with Crippen LogP contribution >= 0.6 is 0 Å². The van der Waals surface area contributed by atoms with Crippen molar-refractivity contribution in [3.8, 4) is 33.9 Å². The van der Waals surface area contributed by atoms with Gasteiger partial charge in [-0.1, -0.05) is 263 Å². The molecule has 0 bridgehead atoms. The van der Waals surface area contributed by atoms with Crippen molar-refractivity contribution >= 4 is 100 Å². The molecule has 4 nitrogen and oxygen atoms in total. The molecular formula is C94H103BN4. The Hall–Kier alpha value is -8.80. The summed E-state index contributed by atoms with van der Waals surface area (Å²) in [6.45, 7) is 56.2. The molecule has 0 unspecified atom stereocenters. The molecule has 11 aromatic carbocycles. The zero-order valence-electron chi connectivity index (χ0n) is 63.8. The summed E-state index contributed by atoms with van der Waals surface area (Å²) in [4.78, 5) is 17.3. The molecule has 0 aliphatic carbocycles. The molecule has 0 fully saturated rings. The maximum Gasteiger partial charge on any atom is 0.252 e. The molecule has 3 heterocycles. The van der Waals surface area contributed by atoms with Crippen LogP contribution in [-0.4, -0.2) is 16.7 Å². The van der Waals surface area contributed by atoms with Crippen LogP contribution in [0.1, 0.15) is 211 Å². The molecule has 2 aliphatic heterocycles. The molecular weight excluding hydrogens is 1200 g/mol. The zero-order chi connectivity index (χ0) is 71.0. The summed E-state index contributed by atoms with van der Waals surface area (Å²) in [7, 11) is 0. The quantitative estimate of drug-likeness (QED) is 0.127. The van der Waals surface area contributed by atoms with E-state index < -0.39 is 0 Å². The maximum atomic E-state index is 6.04. The second-order valence-corrected chi connectivity index (χ2v) is 37.5. The summed E-state index contributed by atoms with van der Waals surface area (Å²) >= 11 is 0. The largest absolute Gasteiger partial charge is 0.311 e. The first-order valence-corrected chi connectivity index (χ1v) is 36.3. The Balaban J connectivity index is 1.21. The van der Waals surface area contributed by atoms with Crippen LogP contribution in [0, 0.1) is 0 Å². The molecule has 0 radical (unpaired) electrons. The van der Waals surface area contributed by atoms with Crippen LogP contribution in [0.25, 0.3) is 77.0 Å². The molecule has 12 aromatic rings. The molecule has 0 atom stereocenters. The van der Waals surface area contributed by atoms with E-state index in [1.54, 1.807) is 0 Å². The van der Waals surface area contributed by atoms with Gasteiger partial charge in [0.05, 0.1) is 11.4 Å². The van der Waals surface area contributed by atoms with Crippen molar-refractivity contribution < 1.29 is 0 Å².